The Hall–Kier alpha value is -2.43. The van der Waals surface area contributed by atoms with E-state index in [-0.39, 0.29) is 11.3 Å². The standard InChI is InChI=1S/C16H16N2O3/c1-10(19)13-9-17-16(21)18(15(13)20)14-8-4-6-11-5-2-3-7-12(11)14/h4,6,8-9H,2-3,5,7H2,1H3,(H,17,21). The van der Waals surface area contributed by atoms with Crippen LogP contribution in [-0.2, 0) is 12.8 Å². The minimum absolute atomic E-state index is 0.00279. The van der Waals surface area contributed by atoms with Crippen LogP contribution in [0.15, 0.2) is 34.0 Å². The van der Waals surface area contributed by atoms with E-state index in [1.165, 1.54) is 18.7 Å². The van der Waals surface area contributed by atoms with Crippen molar-refractivity contribution in [3.8, 4) is 5.69 Å². The normalized spacial score (nSPS) is 13.8. The Morgan fingerprint density at radius 3 is 2.71 bits per heavy atom. The number of aromatic nitrogens is 2. The molecule has 3 rings (SSSR count). The summed E-state index contributed by atoms with van der Waals surface area (Å²) in [5.41, 5.74) is 1.76. The first-order chi connectivity index (χ1) is 10.1. The van der Waals surface area contributed by atoms with Gasteiger partial charge in [0.2, 0.25) is 0 Å². The van der Waals surface area contributed by atoms with Gasteiger partial charge in [0.05, 0.1) is 11.3 Å². The average molecular weight is 284 g/mol. The molecule has 1 aromatic carbocycles. The minimum Gasteiger partial charge on any atom is -0.313 e. The maximum atomic E-state index is 12.4. The van der Waals surface area contributed by atoms with Crippen molar-refractivity contribution in [2.24, 2.45) is 0 Å². The number of ketones is 1. The molecule has 5 heteroatoms. The molecule has 1 heterocycles. The lowest BCUT2D eigenvalue weighted by Crippen LogP contribution is -2.37. The quantitative estimate of drug-likeness (QED) is 0.851. The summed E-state index contributed by atoms with van der Waals surface area (Å²) in [5, 5.41) is 0. The Labute approximate surface area is 121 Å². The van der Waals surface area contributed by atoms with Gasteiger partial charge in [-0.05, 0) is 49.8 Å². The van der Waals surface area contributed by atoms with Crippen molar-refractivity contribution in [1.29, 1.82) is 0 Å². The van der Waals surface area contributed by atoms with Gasteiger partial charge in [-0.2, -0.15) is 0 Å². The molecule has 1 aromatic heterocycles. The van der Waals surface area contributed by atoms with E-state index in [9.17, 15) is 14.4 Å². The molecule has 0 unspecified atom stereocenters. The van der Waals surface area contributed by atoms with E-state index in [2.05, 4.69) is 4.98 Å². The fourth-order valence-electron chi connectivity index (χ4n) is 2.91. The summed E-state index contributed by atoms with van der Waals surface area (Å²) >= 11 is 0. The Morgan fingerprint density at radius 2 is 1.95 bits per heavy atom. The number of nitrogens with one attached hydrogen (secondary N) is 1. The number of rotatable bonds is 2. The van der Waals surface area contributed by atoms with Crippen LogP contribution in [0.1, 0.15) is 41.3 Å². The molecule has 0 amide bonds. The summed E-state index contributed by atoms with van der Waals surface area (Å²) < 4.78 is 1.08. The van der Waals surface area contributed by atoms with E-state index < -0.39 is 11.2 Å². The van der Waals surface area contributed by atoms with Crippen LogP contribution in [0.2, 0.25) is 0 Å². The molecule has 0 spiro atoms. The molecule has 0 saturated heterocycles. The molecule has 1 N–H and O–H groups in total. The molecule has 0 bridgehead atoms. The smallest absolute Gasteiger partial charge is 0.313 e. The summed E-state index contributed by atoms with van der Waals surface area (Å²) in [6, 6.07) is 5.66. The SMILES string of the molecule is CC(=O)c1c[nH]c(=O)n(-c2cccc3c2CCCC3)c1=O. The molecule has 1 aliphatic rings. The maximum absolute atomic E-state index is 12.4. The number of Topliss-reactive ketones (excluding diaryl/α,β-unsaturated/α-hetero) is 1. The summed E-state index contributed by atoms with van der Waals surface area (Å²) in [7, 11) is 0. The van der Waals surface area contributed by atoms with Crippen LogP contribution in [0.4, 0.5) is 0 Å². The minimum atomic E-state index is -0.551. The summed E-state index contributed by atoms with van der Waals surface area (Å²) in [6.45, 7) is 1.32. The number of carbonyl (C=O) groups is 1. The van der Waals surface area contributed by atoms with Crippen LogP contribution >= 0.6 is 0 Å². The first kappa shape index (κ1) is 13.5. The van der Waals surface area contributed by atoms with Gasteiger partial charge in [0.1, 0.15) is 0 Å². The van der Waals surface area contributed by atoms with Crippen molar-refractivity contribution in [2.45, 2.75) is 32.6 Å². The second-order valence-corrected chi connectivity index (χ2v) is 5.33. The van der Waals surface area contributed by atoms with Gasteiger partial charge < -0.3 is 4.98 Å². The number of nitrogens with zero attached hydrogens (tertiary/aromatic N) is 1. The number of fused-ring (bicyclic) bond motifs is 1. The van der Waals surface area contributed by atoms with Gasteiger partial charge in [-0.1, -0.05) is 12.1 Å². The molecule has 5 nitrogen and oxygen atoms in total. The van der Waals surface area contributed by atoms with E-state index >= 15 is 0 Å². The molecule has 0 atom stereocenters. The highest BCUT2D eigenvalue weighted by molar-refractivity contribution is 5.93. The van der Waals surface area contributed by atoms with E-state index in [1.54, 1.807) is 6.07 Å². The lowest BCUT2D eigenvalue weighted by molar-refractivity contribution is 0.101. The topological polar surface area (TPSA) is 71.9 Å². The number of carbonyl (C=O) groups excluding carboxylic acids is 1. The van der Waals surface area contributed by atoms with Crippen molar-refractivity contribution in [1.82, 2.24) is 9.55 Å². The third kappa shape index (κ3) is 2.24. The van der Waals surface area contributed by atoms with Crippen LogP contribution in [0.5, 0.6) is 0 Å². The van der Waals surface area contributed by atoms with Crippen LogP contribution < -0.4 is 11.2 Å². The number of hydrogen-bond acceptors (Lipinski definition) is 3. The largest absolute Gasteiger partial charge is 0.333 e. The Kier molecular flexibility index (Phi) is 3.33. The third-order valence-corrected chi connectivity index (χ3v) is 3.97. The molecule has 0 saturated carbocycles. The molecule has 2 aromatic rings. The molecule has 0 fully saturated rings. The first-order valence-electron chi connectivity index (χ1n) is 7.06. The zero-order valence-electron chi connectivity index (χ0n) is 11.8. The number of aryl methyl sites for hydroxylation is 1. The van der Waals surface area contributed by atoms with Crippen molar-refractivity contribution in [3.63, 3.8) is 0 Å². The molecule has 1 aliphatic carbocycles. The number of benzene rings is 1. The number of hydrogen-bond donors (Lipinski definition) is 1. The van der Waals surface area contributed by atoms with Crippen LogP contribution in [0.3, 0.4) is 0 Å². The van der Waals surface area contributed by atoms with Crippen molar-refractivity contribution >= 4 is 5.78 Å². The van der Waals surface area contributed by atoms with Gasteiger partial charge in [-0.3, -0.25) is 9.59 Å². The predicted molar refractivity (Wildman–Crippen MR) is 79.3 cm³/mol. The van der Waals surface area contributed by atoms with Crippen molar-refractivity contribution in [3.05, 3.63) is 61.9 Å². The van der Waals surface area contributed by atoms with Crippen LogP contribution in [-0.4, -0.2) is 15.3 Å². The Morgan fingerprint density at radius 1 is 1.19 bits per heavy atom. The molecule has 21 heavy (non-hydrogen) atoms. The molecule has 108 valence electrons. The fourth-order valence-corrected chi connectivity index (χ4v) is 2.91. The first-order valence-corrected chi connectivity index (χ1v) is 7.06. The van der Waals surface area contributed by atoms with Crippen molar-refractivity contribution < 1.29 is 4.79 Å². The predicted octanol–water partition coefficient (Wildman–Crippen LogP) is 1.61. The summed E-state index contributed by atoms with van der Waals surface area (Å²) in [4.78, 5) is 38.5. The molecule has 0 radical (unpaired) electrons. The Bertz CT molecular complexity index is 830. The number of aromatic amines is 1. The van der Waals surface area contributed by atoms with E-state index in [1.807, 2.05) is 12.1 Å². The maximum Gasteiger partial charge on any atom is 0.333 e. The van der Waals surface area contributed by atoms with E-state index in [4.69, 9.17) is 0 Å². The van der Waals surface area contributed by atoms with Gasteiger partial charge in [-0.25, -0.2) is 9.36 Å². The van der Waals surface area contributed by atoms with Crippen molar-refractivity contribution in [2.75, 3.05) is 0 Å². The molecular formula is C16H16N2O3. The van der Waals surface area contributed by atoms with Crippen LogP contribution in [0.25, 0.3) is 5.69 Å². The van der Waals surface area contributed by atoms with Gasteiger partial charge in [0, 0.05) is 6.20 Å². The van der Waals surface area contributed by atoms with Gasteiger partial charge in [0.15, 0.2) is 5.78 Å². The highest BCUT2D eigenvalue weighted by atomic mass is 16.2. The van der Waals surface area contributed by atoms with E-state index in [0.717, 1.165) is 35.8 Å². The third-order valence-electron chi connectivity index (χ3n) is 3.97. The monoisotopic (exact) mass is 284 g/mol. The van der Waals surface area contributed by atoms with E-state index in [0.29, 0.717) is 5.69 Å². The zero-order valence-corrected chi connectivity index (χ0v) is 11.8. The molecular weight excluding hydrogens is 268 g/mol. The Balaban J connectivity index is 2.32. The number of H-pyrrole nitrogens is 1. The average Bonchev–Trinajstić information content (AvgIpc) is 2.47. The van der Waals surface area contributed by atoms with Gasteiger partial charge >= 0.3 is 5.69 Å². The second-order valence-electron chi connectivity index (χ2n) is 5.33. The van der Waals surface area contributed by atoms with Crippen LogP contribution in [0, 0.1) is 0 Å². The molecule has 0 aliphatic heterocycles. The zero-order chi connectivity index (χ0) is 15.0. The fraction of sp³-hybridized carbons (Fsp3) is 0.312. The summed E-state index contributed by atoms with van der Waals surface area (Å²) in [6.07, 6.45) is 5.17. The lowest BCUT2D eigenvalue weighted by Gasteiger charge is -2.19. The highest BCUT2D eigenvalue weighted by Crippen LogP contribution is 2.25. The van der Waals surface area contributed by atoms with Gasteiger partial charge in [-0.15, -0.1) is 0 Å². The van der Waals surface area contributed by atoms with Gasteiger partial charge in [0.25, 0.3) is 5.56 Å². The second kappa shape index (κ2) is 5.16. The highest BCUT2D eigenvalue weighted by Gasteiger charge is 2.18. The summed E-state index contributed by atoms with van der Waals surface area (Å²) in [5.74, 6) is -0.352. The lowest BCUT2D eigenvalue weighted by atomic mass is 9.90.